The zero-order valence-corrected chi connectivity index (χ0v) is 10.1. The minimum atomic E-state index is -4.14. The van der Waals surface area contributed by atoms with Crippen molar-refractivity contribution in [3.63, 3.8) is 0 Å². The molecule has 0 radical (unpaired) electrons. The number of nitrogens with one attached hydrogen (secondary N) is 1. The van der Waals surface area contributed by atoms with Crippen molar-refractivity contribution < 1.29 is 16.8 Å². The fourth-order valence-corrected chi connectivity index (χ4v) is 2.92. The van der Waals surface area contributed by atoms with E-state index in [-0.39, 0.29) is 4.24 Å². The van der Waals surface area contributed by atoms with Crippen LogP contribution in [0.3, 0.4) is 0 Å². The van der Waals surface area contributed by atoms with Crippen molar-refractivity contribution in [2.24, 2.45) is 5.14 Å². The molecular formula is C4H8N2O4S4. The molecule has 0 aromatic carbocycles. The number of hydrogen-bond acceptors (Lipinski definition) is 6. The van der Waals surface area contributed by atoms with Crippen LogP contribution in [0.25, 0.3) is 0 Å². The van der Waals surface area contributed by atoms with Crippen LogP contribution in [0.5, 0.6) is 0 Å². The van der Waals surface area contributed by atoms with Crippen molar-refractivity contribution in [3.05, 3.63) is 22.4 Å². The molecule has 0 saturated carbocycles. The third kappa shape index (κ3) is 3.92. The topological polar surface area (TPSA) is 106 Å². The second-order valence-corrected chi connectivity index (χ2v) is 6.81. The molecule has 0 saturated heterocycles. The van der Waals surface area contributed by atoms with Crippen molar-refractivity contribution >= 4 is 42.5 Å². The highest BCUT2D eigenvalue weighted by atomic mass is 33.1. The molecule has 0 aromatic heterocycles. The maximum absolute atomic E-state index is 11.2. The maximum atomic E-state index is 11.2. The summed E-state index contributed by atoms with van der Waals surface area (Å²) in [4.78, 5) is 0. The van der Waals surface area contributed by atoms with Gasteiger partial charge in [0, 0.05) is 0 Å². The van der Waals surface area contributed by atoms with Crippen LogP contribution >= 0.6 is 22.5 Å². The van der Waals surface area contributed by atoms with Crippen LogP contribution in [-0.4, -0.2) is 16.8 Å². The Hall–Kier alpha value is -0.160. The summed E-state index contributed by atoms with van der Waals surface area (Å²) in [6, 6.07) is 0. The van der Waals surface area contributed by atoms with Gasteiger partial charge >= 0.3 is 0 Å². The Morgan fingerprint density at radius 3 is 2.00 bits per heavy atom. The van der Waals surface area contributed by atoms with Crippen LogP contribution < -0.4 is 9.86 Å². The van der Waals surface area contributed by atoms with E-state index < -0.39 is 25.1 Å². The predicted molar refractivity (Wildman–Crippen MR) is 60.0 cm³/mol. The Morgan fingerprint density at radius 1 is 1.29 bits per heavy atom. The van der Waals surface area contributed by atoms with E-state index >= 15 is 0 Å². The molecular weight excluding hydrogens is 268 g/mol. The zero-order chi connectivity index (χ0) is 11.6. The van der Waals surface area contributed by atoms with Gasteiger partial charge in [0.15, 0.2) is 0 Å². The van der Waals surface area contributed by atoms with Gasteiger partial charge in [-0.1, -0.05) is 13.2 Å². The summed E-state index contributed by atoms with van der Waals surface area (Å²) in [6.07, 6.45) is 0. The predicted octanol–water partition coefficient (Wildman–Crippen LogP) is -0.285. The number of sulfonamides is 2. The fraction of sp³-hybridized carbons (Fsp3) is 0. The lowest BCUT2D eigenvalue weighted by Gasteiger charge is -2.08. The van der Waals surface area contributed by atoms with Crippen molar-refractivity contribution in [1.82, 2.24) is 4.72 Å². The van der Waals surface area contributed by atoms with Gasteiger partial charge in [-0.05, 0) is 10.8 Å². The average molecular weight is 276 g/mol. The third-order valence-electron chi connectivity index (χ3n) is 0.993. The molecule has 0 unspecified atom stereocenters. The minimum absolute atomic E-state index is 0.356. The van der Waals surface area contributed by atoms with Crippen LogP contribution in [0.15, 0.2) is 22.4 Å². The van der Waals surface area contributed by atoms with E-state index in [4.69, 9.17) is 0 Å². The first-order valence-electron chi connectivity index (χ1n) is 2.86. The molecule has 0 aliphatic heterocycles. The molecule has 0 spiro atoms. The second kappa shape index (κ2) is 4.57. The highest BCUT2D eigenvalue weighted by molar-refractivity contribution is 8.72. The minimum Gasteiger partial charge on any atom is -0.268 e. The van der Waals surface area contributed by atoms with E-state index in [9.17, 15) is 16.8 Å². The van der Waals surface area contributed by atoms with Crippen molar-refractivity contribution in [2.45, 2.75) is 0 Å². The monoisotopic (exact) mass is 276 g/mol. The van der Waals surface area contributed by atoms with E-state index in [1.807, 2.05) is 0 Å². The first-order chi connectivity index (χ1) is 6.11. The number of nitrogens with two attached hydrogens (primary N) is 1. The van der Waals surface area contributed by atoms with Gasteiger partial charge in [0.1, 0.15) is 9.27 Å². The molecule has 0 aliphatic rings. The Balaban J connectivity index is 4.90. The third-order valence-corrected chi connectivity index (χ3v) is 5.17. The molecule has 0 aliphatic carbocycles. The molecule has 10 heteroatoms. The maximum Gasteiger partial charge on any atom is 0.268 e. The molecule has 82 valence electrons. The molecule has 0 atom stereocenters. The lowest BCUT2D eigenvalue weighted by molar-refractivity contribution is 0.590. The summed E-state index contributed by atoms with van der Waals surface area (Å²) in [5.74, 6) is 0. The van der Waals surface area contributed by atoms with Gasteiger partial charge in [-0.25, -0.2) is 22.0 Å². The highest BCUT2D eigenvalue weighted by Gasteiger charge is 2.20. The first-order valence-corrected chi connectivity index (χ1v) is 7.76. The Kier molecular flexibility index (Phi) is 4.52. The Labute approximate surface area is 91.5 Å². The lowest BCUT2D eigenvalue weighted by Crippen LogP contribution is -2.30. The molecule has 14 heavy (non-hydrogen) atoms. The molecule has 0 fully saturated rings. The van der Waals surface area contributed by atoms with E-state index in [1.54, 1.807) is 4.72 Å². The summed E-state index contributed by atoms with van der Waals surface area (Å²) < 4.78 is 44.8. The first kappa shape index (κ1) is 13.8. The SMILES string of the molecule is C=C(NS(=O)(=O)C(=C)SS)S(N)(=O)=O. The Morgan fingerprint density at radius 2 is 1.71 bits per heavy atom. The Bertz CT molecular complexity index is 448. The van der Waals surface area contributed by atoms with Crippen molar-refractivity contribution in [3.8, 4) is 0 Å². The number of hydrogen-bond donors (Lipinski definition) is 3. The normalized spacial score (nSPS) is 12.1. The lowest BCUT2D eigenvalue weighted by atomic mass is 11.1. The quantitative estimate of drug-likeness (QED) is 0.473. The second-order valence-electron chi connectivity index (χ2n) is 2.04. The van der Waals surface area contributed by atoms with E-state index in [0.717, 1.165) is 0 Å². The van der Waals surface area contributed by atoms with Gasteiger partial charge in [0.05, 0.1) is 0 Å². The van der Waals surface area contributed by atoms with Gasteiger partial charge in [0.25, 0.3) is 20.0 Å². The molecule has 0 bridgehead atoms. The molecule has 6 nitrogen and oxygen atoms in total. The fourth-order valence-electron chi connectivity index (χ4n) is 0.314. The van der Waals surface area contributed by atoms with Gasteiger partial charge in [-0.2, -0.15) is 0 Å². The molecule has 0 heterocycles. The van der Waals surface area contributed by atoms with Crippen molar-refractivity contribution in [2.75, 3.05) is 0 Å². The number of primary sulfonamides is 1. The average Bonchev–Trinajstić information content (AvgIpc) is 2.00. The van der Waals surface area contributed by atoms with Gasteiger partial charge in [-0.3, -0.25) is 4.72 Å². The summed E-state index contributed by atoms with van der Waals surface area (Å²) in [5, 5.41) is 3.80. The zero-order valence-electron chi connectivity index (χ0n) is 6.80. The molecule has 0 rings (SSSR count). The van der Waals surface area contributed by atoms with Gasteiger partial charge in [0.2, 0.25) is 0 Å². The number of rotatable bonds is 5. The smallest absolute Gasteiger partial charge is 0.268 e. The van der Waals surface area contributed by atoms with E-state index in [1.165, 1.54) is 0 Å². The van der Waals surface area contributed by atoms with E-state index in [2.05, 4.69) is 30.0 Å². The highest BCUT2D eigenvalue weighted by Crippen LogP contribution is 2.22. The summed E-state index contributed by atoms with van der Waals surface area (Å²) in [5.41, 5.74) is 0. The summed E-state index contributed by atoms with van der Waals surface area (Å²) >= 11 is 3.59. The molecule has 0 aromatic rings. The van der Waals surface area contributed by atoms with E-state index in [0.29, 0.717) is 10.8 Å². The molecule has 0 amide bonds. The largest absolute Gasteiger partial charge is 0.268 e. The molecule has 3 N–H and O–H groups in total. The van der Waals surface area contributed by atoms with Gasteiger partial charge < -0.3 is 0 Å². The van der Waals surface area contributed by atoms with Crippen LogP contribution in [0, 0.1) is 0 Å². The summed E-state index contributed by atoms with van der Waals surface area (Å²) in [6.45, 7) is 6.09. The number of thiol groups is 1. The van der Waals surface area contributed by atoms with Crippen LogP contribution in [0.4, 0.5) is 0 Å². The van der Waals surface area contributed by atoms with Crippen LogP contribution in [0.2, 0.25) is 0 Å². The van der Waals surface area contributed by atoms with Crippen molar-refractivity contribution in [1.29, 1.82) is 0 Å². The van der Waals surface area contributed by atoms with Gasteiger partial charge in [-0.15, -0.1) is 11.7 Å². The van der Waals surface area contributed by atoms with Crippen LogP contribution in [-0.2, 0) is 20.0 Å². The summed E-state index contributed by atoms with van der Waals surface area (Å²) in [7, 11) is -7.59. The standard InChI is InChI=1S/C4H8N2O4S4/c1-3(13(5,7)8)6-14(9,10)4(2)12-11/h6,11H,1-2H2,(H2,5,7,8). The van der Waals surface area contributed by atoms with Crippen LogP contribution in [0.1, 0.15) is 0 Å².